The molecule has 0 aromatic heterocycles. The van der Waals surface area contributed by atoms with E-state index in [9.17, 15) is 19.2 Å². The molecule has 0 unspecified atom stereocenters. The maximum atomic E-state index is 13.2. The summed E-state index contributed by atoms with van der Waals surface area (Å²) in [5, 5.41) is 8.98. The van der Waals surface area contributed by atoms with Gasteiger partial charge in [0.05, 0.1) is 30.7 Å². The first-order valence-corrected chi connectivity index (χ1v) is 13.9. The van der Waals surface area contributed by atoms with Gasteiger partial charge in [-0.25, -0.2) is 0 Å². The fraction of sp³-hybridized carbons (Fsp3) is 0.267. The van der Waals surface area contributed by atoms with Crippen LogP contribution in [-0.2, 0) is 30.5 Å². The molecule has 0 saturated carbocycles. The van der Waals surface area contributed by atoms with Gasteiger partial charge in [-0.2, -0.15) is 0 Å². The van der Waals surface area contributed by atoms with Crippen molar-refractivity contribution in [2.45, 2.75) is 25.5 Å². The fourth-order valence-corrected chi connectivity index (χ4v) is 4.64. The Kier molecular flexibility index (Phi) is 10.5. The van der Waals surface area contributed by atoms with Crippen LogP contribution in [0.4, 0.5) is 17.1 Å². The van der Waals surface area contributed by atoms with Crippen molar-refractivity contribution in [1.82, 2.24) is 5.32 Å². The second-order valence-electron chi connectivity index (χ2n) is 9.79. The number of methoxy groups -OCH3 is 1. The van der Waals surface area contributed by atoms with Gasteiger partial charge in [0.1, 0.15) is 18.4 Å². The van der Waals surface area contributed by atoms with E-state index in [1.807, 2.05) is 25.1 Å². The first kappa shape index (κ1) is 31.6. The van der Waals surface area contributed by atoms with Crippen LogP contribution in [0, 0.1) is 0 Å². The second-order valence-corrected chi connectivity index (χ2v) is 10.6. The quantitative estimate of drug-likeness (QED) is 0.252. The van der Waals surface area contributed by atoms with Gasteiger partial charge in [-0.05, 0) is 48.4 Å². The molecule has 43 heavy (non-hydrogen) atoms. The van der Waals surface area contributed by atoms with Gasteiger partial charge in [-0.15, -0.1) is 0 Å². The van der Waals surface area contributed by atoms with E-state index in [-0.39, 0.29) is 48.7 Å². The van der Waals surface area contributed by atoms with Crippen LogP contribution in [0.1, 0.15) is 28.8 Å². The van der Waals surface area contributed by atoms with Crippen molar-refractivity contribution in [1.29, 1.82) is 0 Å². The summed E-state index contributed by atoms with van der Waals surface area (Å²) in [5.74, 6) is -1.51. The van der Waals surface area contributed by atoms with E-state index in [4.69, 9.17) is 32.7 Å². The number of nitrogens with zero attached hydrogens (tertiary/aromatic N) is 1. The molecule has 0 saturated heterocycles. The van der Waals surface area contributed by atoms with Crippen molar-refractivity contribution in [3.05, 3.63) is 75.8 Å². The topological polar surface area (TPSA) is 135 Å². The minimum atomic E-state index is -0.980. The number of halogens is 2. The van der Waals surface area contributed by atoms with E-state index in [1.165, 1.54) is 19.2 Å². The summed E-state index contributed by atoms with van der Waals surface area (Å²) in [6, 6.07) is 14.1. The largest absolute Gasteiger partial charge is 0.469 e. The Morgan fingerprint density at radius 3 is 2.56 bits per heavy atom. The summed E-state index contributed by atoms with van der Waals surface area (Å²) in [4.78, 5) is 52.5. The van der Waals surface area contributed by atoms with E-state index < -0.39 is 29.7 Å². The van der Waals surface area contributed by atoms with Crippen LogP contribution in [0.15, 0.2) is 54.6 Å². The summed E-state index contributed by atoms with van der Waals surface area (Å²) >= 11 is 12.1. The number of fused-ring (bicyclic) bond motifs is 1. The molecule has 1 atom stereocenters. The molecule has 1 heterocycles. The lowest BCUT2D eigenvalue weighted by atomic mass is 10.1. The standard InChI is InChI=1S/C30H30Cl2N4O7/c1-36(2)19-5-4-6-20(12-19)43-26-13-21-24(35-30(40)23(34-29(21)39)9-10-28(38)41-3)14-25(26)33-27(37)16-42-15-17-7-8-18(31)11-22(17)32/h4-8,11-14,23H,9-10,15-16H2,1-3H3,(H,33,37)(H,34,39)(H,35,40)/t23-/m1/s1. The van der Waals surface area contributed by atoms with E-state index >= 15 is 0 Å². The Morgan fingerprint density at radius 1 is 1.05 bits per heavy atom. The third-order valence-corrected chi connectivity index (χ3v) is 7.04. The number of rotatable bonds is 11. The maximum absolute atomic E-state index is 13.2. The zero-order valence-corrected chi connectivity index (χ0v) is 25.2. The van der Waals surface area contributed by atoms with Gasteiger partial charge in [0.25, 0.3) is 5.91 Å². The van der Waals surface area contributed by atoms with E-state index in [0.717, 1.165) is 5.69 Å². The highest BCUT2D eigenvalue weighted by Gasteiger charge is 2.30. The Morgan fingerprint density at radius 2 is 1.84 bits per heavy atom. The predicted molar refractivity (Wildman–Crippen MR) is 163 cm³/mol. The normalized spacial score (nSPS) is 14.1. The first-order valence-electron chi connectivity index (χ1n) is 13.2. The molecular weight excluding hydrogens is 599 g/mol. The molecular formula is C30H30Cl2N4O7. The van der Waals surface area contributed by atoms with Crippen molar-refractivity contribution >= 4 is 64.0 Å². The molecule has 3 aromatic rings. The number of carbonyl (C=O) groups is 4. The lowest BCUT2D eigenvalue weighted by Gasteiger charge is -2.18. The highest BCUT2D eigenvalue weighted by Crippen LogP contribution is 2.37. The van der Waals surface area contributed by atoms with Gasteiger partial charge >= 0.3 is 5.97 Å². The summed E-state index contributed by atoms with van der Waals surface area (Å²) in [5.41, 5.74) is 1.98. The molecule has 0 aliphatic carbocycles. The maximum Gasteiger partial charge on any atom is 0.305 e. The van der Waals surface area contributed by atoms with E-state index in [2.05, 4.69) is 20.7 Å². The molecule has 1 aliphatic heterocycles. The van der Waals surface area contributed by atoms with Gasteiger partial charge < -0.3 is 35.1 Å². The third kappa shape index (κ3) is 8.38. The lowest BCUT2D eigenvalue weighted by molar-refractivity contribution is -0.140. The van der Waals surface area contributed by atoms with Gasteiger partial charge in [0.15, 0.2) is 5.75 Å². The zero-order valence-electron chi connectivity index (χ0n) is 23.7. The number of hydrogen-bond donors (Lipinski definition) is 3. The minimum Gasteiger partial charge on any atom is -0.469 e. The fourth-order valence-electron chi connectivity index (χ4n) is 4.17. The highest BCUT2D eigenvalue weighted by molar-refractivity contribution is 6.35. The van der Waals surface area contributed by atoms with E-state index in [0.29, 0.717) is 21.4 Å². The summed E-state index contributed by atoms with van der Waals surface area (Å²) < 4.78 is 16.3. The summed E-state index contributed by atoms with van der Waals surface area (Å²) in [7, 11) is 5.01. The smallest absolute Gasteiger partial charge is 0.305 e. The molecule has 3 aromatic carbocycles. The molecule has 0 fully saturated rings. The van der Waals surface area contributed by atoms with Crippen molar-refractivity contribution < 1.29 is 33.4 Å². The van der Waals surface area contributed by atoms with Crippen molar-refractivity contribution in [2.75, 3.05) is 43.3 Å². The van der Waals surface area contributed by atoms with Gasteiger partial charge in [0.2, 0.25) is 11.8 Å². The van der Waals surface area contributed by atoms with Crippen LogP contribution in [0.2, 0.25) is 10.0 Å². The lowest BCUT2D eigenvalue weighted by Crippen LogP contribution is -2.41. The number of esters is 1. The average Bonchev–Trinajstić information content (AvgIpc) is 3.08. The number of benzene rings is 3. The van der Waals surface area contributed by atoms with Crippen LogP contribution in [-0.4, -0.2) is 57.5 Å². The Hall–Kier alpha value is -4.32. The van der Waals surface area contributed by atoms with Gasteiger partial charge in [-0.1, -0.05) is 35.3 Å². The van der Waals surface area contributed by atoms with Crippen LogP contribution in [0.3, 0.4) is 0 Å². The van der Waals surface area contributed by atoms with Crippen molar-refractivity contribution in [3.8, 4) is 11.5 Å². The van der Waals surface area contributed by atoms with Gasteiger partial charge in [-0.3, -0.25) is 19.2 Å². The van der Waals surface area contributed by atoms with Gasteiger partial charge in [0, 0.05) is 42.3 Å². The van der Waals surface area contributed by atoms with Crippen LogP contribution < -0.4 is 25.6 Å². The van der Waals surface area contributed by atoms with Crippen LogP contribution >= 0.6 is 23.2 Å². The monoisotopic (exact) mass is 628 g/mol. The molecule has 1 aliphatic rings. The number of nitrogens with one attached hydrogen (secondary N) is 3. The minimum absolute atomic E-state index is 0.0392. The summed E-state index contributed by atoms with van der Waals surface area (Å²) in [6.45, 7) is -0.258. The molecule has 226 valence electrons. The highest BCUT2D eigenvalue weighted by atomic mass is 35.5. The second kappa shape index (κ2) is 14.2. The molecule has 3 amide bonds. The molecule has 3 N–H and O–H groups in total. The SMILES string of the molecule is COC(=O)CC[C@H]1NC(=O)c2cc(Oc3cccc(N(C)C)c3)c(NC(=O)COCc3ccc(Cl)cc3Cl)cc2NC1=O. The number of ether oxygens (including phenoxy) is 3. The summed E-state index contributed by atoms with van der Waals surface area (Å²) in [6.07, 6.45) is -0.0260. The van der Waals surface area contributed by atoms with Crippen LogP contribution in [0.25, 0.3) is 0 Å². The molecule has 11 nitrogen and oxygen atoms in total. The Balaban J connectivity index is 1.58. The predicted octanol–water partition coefficient (Wildman–Crippen LogP) is 5.01. The third-order valence-electron chi connectivity index (χ3n) is 6.45. The molecule has 0 bridgehead atoms. The van der Waals surface area contributed by atoms with E-state index in [1.54, 1.807) is 36.4 Å². The number of anilines is 3. The zero-order chi connectivity index (χ0) is 31.1. The average molecular weight is 629 g/mol. The molecule has 0 spiro atoms. The Bertz CT molecular complexity index is 1550. The van der Waals surface area contributed by atoms with Crippen molar-refractivity contribution in [2.24, 2.45) is 0 Å². The number of carbonyl (C=O) groups excluding carboxylic acids is 4. The number of hydrogen-bond acceptors (Lipinski definition) is 8. The number of amides is 3. The van der Waals surface area contributed by atoms with Crippen molar-refractivity contribution in [3.63, 3.8) is 0 Å². The molecule has 4 rings (SSSR count). The molecule has 13 heteroatoms. The first-order chi connectivity index (χ1) is 20.5. The Labute approximate surface area is 258 Å². The molecule has 0 radical (unpaired) electrons. The van der Waals surface area contributed by atoms with Crippen LogP contribution in [0.5, 0.6) is 11.5 Å².